The van der Waals surface area contributed by atoms with Crippen molar-refractivity contribution in [1.29, 1.82) is 0 Å². The molecule has 2 heterocycles. The van der Waals surface area contributed by atoms with Gasteiger partial charge in [-0.15, -0.1) is 0 Å². The lowest BCUT2D eigenvalue weighted by atomic mass is 10.1. The highest BCUT2D eigenvalue weighted by molar-refractivity contribution is 6.06. The quantitative estimate of drug-likeness (QED) is 0.607. The molecule has 146 valence electrons. The standard InChI is InChI=1S/C22H26N4O2/c1-4-5-7-12-23-21(27)19-18-9-6-8-13-26(18)20(25-19)22(28)24-17-11-10-15(2)16(3)14-17/h6,8-11,13-14H,4-5,7,12H2,1-3H3,(H,23,27)(H,24,28). The van der Waals surface area contributed by atoms with Gasteiger partial charge in [-0.05, 0) is 55.7 Å². The number of pyridine rings is 1. The van der Waals surface area contributed by atoms with Gasteiger partial charge in [-0.2, -0.15) is 0 Å². The van der Waals surface area contributed by atoms with E-state index in [0.29, 0.717) is 17.7 Å². The zero-order valence-corrected chi connectivity index (χ0v) is 16.6. The molecule has 0 spiro atoms. The van der Waals surface area contributed by atoms with E-state index in [2.05, 4.69) is 22.5 Å². The lowest BCUT2D eigenvalue weighted by Crippen LogP contribution is -2.25. The third-order valence-electron chi connectivity index (χ3n) is 4.80. The molecule has 0 aliphatic carbocycles. The highest BCUT2D eigenvalue weighted by Crippen LogP contribution is 2.17. The first-order valence-corrected chi connectivity index (χ1v) is 9.65. The summed E-state index contributed by atoms with van der Waals surface area (Å²) in [5.41, 5.74) is 3.83. The fourth-order valence-corrected chi connectivity index (χ4v) is 3.03. The molecule has 0 aliphatic rings. The Hall–Kier alpha value is -3.15. The summed E-state index contributed by atoms with van der Waals surface area (Å²) in [4.78, 5) is 29.8. The Morgan fingerprint density at radius 3 is 2.61 bits per heavy atom. The maximum Gasteiger partial charge on any atom is 0.292 e. The van der Waals surface area contributed by atoms with E-state index in [1.165, 1.54) is 0 Å². The monoisotopic (exact) mass is 378 g/mol. The zero-order chi connectivity index (χ0) is 20.1. The van der Waals surface area contributed by atoms with Gasteiger partial charge in [0.25, 0.3) is 11.8 Å². The lowest BCUT2D eigenvalue weighted by molar-refractivity contribution is 0.0950. The summed E-state index contributed by atoms with van der Waals surface area (Å²) in [6.07, 6.45) is 4.82. The average molecular weight is 378 g/mol. The Bertz CT molecular complexity index is 1010. The second kappa shape index (κ2) is 8.69. The van der Waals surface area contributed by atoms with Crippen LogP contribution < -0.4 is 10.6 Å². The summed E-state index contributed by atoms with van der Waals surface area (Å²) in [5, 5.41) is 5.77. The summed E-state index contributed by atoms with van der Waals surface area (Å²) < 4.78 is 1.65. The van der Waals surface area contributed by atoms with E-state index in [4.69, 9.17) is 0 Å². The molecular formula is C22H26N4O2. The van der Waals surface area contributed by atoms with Crippen LogP contribution >= 0.6 is 0 Å². The number of anilines is 1. The first-order chi connectivity index (χ1) is 13.5. The van der Waals surface area contributed by atoms with E-state index in [-0.39, 0.29) is 23.3 Å². The lowest BCUT2D eigenvalue weighted by Gasteiger charge is -2.07. The predicted octanol–water partition coefficient (Wildman–Crippen LogP) is 4.12. The number of aryl methyl sites for hydroxylation is 2. The molecule has 3 aromatic rings. The van der Waals surface area contributed by atoms with E-state index in [0.717, 1.165) is 30.4 Å². The number of aromatic nitrogens is 2. The SMILES string of the molecule is CCCCCNC(=O)c1nc(C(=O)Nc2ccc(C)c(C)c2)n2ccccc12. The summed E-state index contributed by atoms with van der Waals surface area (Å²) in [5.74, 6) is -0.424. The topological polar surface area (TPSA) is 75.5 Å². The van der Waals surface area contributed by atoms with Crippen molar-refractivity contribution in [2.24, 2.45) is 0 Å². The Kier molecular flexibility index (Phi) is 6.09. The molecule has 28 heavy (non-hydrogen) atoms. The third kappa shape index (κ3) is 4.22. The van der Waals surface area contributed by atoms with Crippen molar-refractivity contribution < 1.29 is 9.59 Å². The number of amides is 2. The molecule has 3 rings (SSSR count). The number of unbranched alkanes of at least 4 members (excludes halogenated alkanes) is 2. The van der Waals surface area contributed by atoms with Crippen LogP contribution in [0.1, 0.15) is 58.4 Å². The summed E-state index contributed by atoms with van der Waals surface area (Å²) in [6.45, 7) is 6.74. The molecule has 2 aromatic heterocycles. The number of nitrogens with zero attached hydrogens (tertiary/aromatic N) is 2. The van der Waals surface area contributed by atoms with Gasteiger partial charge in [-0.25, -0.2) is 4.98 Å². The molecule has 6 nitrogen and oxygen atoms in total. The molecule has 0 unspecified atom stereocenters. The van der Waals surface area contributed by atoms with E-state index < -0.39 is 0 Å². The molecule has 0 bridgehead atoms. The van der Waals surface area contributed by atoms with Gasteiger partial charge < -0.3 is 10.6 Å². The van der Waals surface area contributed by atoms with Crippen molar-refractivity contribution in [3.05, 3.63) is 65.2 Å². The molecule has 1 aromatic carbocycles. The Balaban J connectivity index is 1.85. The molecule has 0 radical (unpaired) electrons. The molecule has 0 aliphatic heterocycles. The minimum absolute atomic E-state index is 0.188. The Labute approximate surface area is 165 Å². The van der Waals surface area contributed by atoms with E-state index in [9.17, 15) is 9.59 Å². The van der Waals surface area contributed by atoms with Gasteiger partial charge in [0.05, 0.1) is 5.52 Å². The Morgan fingerprint density at radius 1 is 1.04 bits per heavy atom. The van der Waals surface area contributed by atoms with Crippen molar-refractivity contribution in [1.82, 2.24) is 14.7 Å². The van der Waals surface area contributed by atoms with Gasteiger partial charge in [0.2, 0.25) is 5.82 Å². The average Bonchev–Trinajstić information content (AvgIpc) is 3.08. The van der Waals surface area contributed by atoms with Gasteiger partial charge in [0.15, 0.2) is 5.69 Å². The number of fused-ring (bicyclic) bond motifs is 1. The van der Waals surface area contributed by atoms with Crippen LogP contribution in [0.5, 0.6) is 0 Å². The van der Waals surface area contributed by atoms with Crippen molar-refractivity contribution in [2.45, 2.75) is 40.0 Å². The molecular weight excluding hydrogens is 352 g/mol. The van der Waals surface area contributed by atoms with E-state index in [1.54, 1.807) is 16.7 Å². The molecule has 2 N–H and O–H groups in total. The van der Waals surface area contributed by atoms with Crippen LogP contribution in [0, 0.1) is 13.8 Å². The van der Waals surface area contributed by atoms with E-state index >= 15 is 0 Å². The molecule has 2 amide bonds. The number of hydrogen-bond acceptors (Lipinski definition) is 3. The number of benzene rings is 1. The number of carbonyl (C=O) groups is 2. The smallest absolute Gasteiger partial charge is 0.292 e. The predicted molar refractivity (Wildman–Crippen MR) is 111 cm³/mol. The fraction of sp³-hybridized carbons (Fsp3) is 0.318. The third-order valence-corrected chi connectivity index (χ3v) is 4.80. The highest BCUT2D eigenvalue weighted by atomic mass is 16.2. The van der Waals surface area contributed by atoms with Crippen LogP contribution in [0.25, 0.3) is 5.52 Å². The summed E-state index contributed by atoms with van der Waals surface area (Å²) in [7, 11) is 0. The van der Waals surface area contributed by atoms with Crippen molar-refractivity contribution in [3.63, 3.8) is 0 Å². The van der Waals surface area contributed by atoms with Crippen molar-refractivity contribution in [3.8, 4) is 0 Å². The second-order valence-electron chi connectivity index (χ2n) is 6.96. The number of imidazole rings is 1. The van der Waals surface area contributed by atoms with Gasteiger partial charge in [-0.3, -0.25) is 14.0 Å². The molecule has 0 fully saturated rings. The van der Waals surface area contributed by atoms with Gasteiger partial charge in [-0.1, -0.05) is 31.9 Å². The van der Waals surface area contributed by atoms with Crippen LogP contribution in [0.2, 0.25) is 0 Å². The number of carbonyl (C=O) groups excluding carboxylic acids is 2. The maximum absolute atomic E-state index is 12.8. The van der Waals surface area contributed by atoms with Gasteiger partial charge in [0, 0.05) is 18.4 Å². The minimum atomic E-state index is -0.352. The largest absolute Gasteiger partial charge is 0.351 e. The van der Waals surface area contributed by atoms with Crippen LogP contribution in [0.3, 0.4) is 0 Å². The zero-order valence-electron chi connectivity index (χ0n) is 16.6. The molecule has 0 saturated carbocycles. The fourth-order valence-electron chi connectivity index (χ4n) is 3.03. The van der Waals surface area contributed by atoms with Crippen LogP contribution in [-0.4, -0.2) is 27.7 Å². The number of rotatable bonds is 7. The van der Waals surface area contributed by atoms with Gasteiger partial charge >= 0.3 is 0 Å². The van der Waals surface area contributed by atoms with Crippen molar-refractivity contribution >= 4 is 23.0 Å². The summed E-state index contributed by atoms with van der Waals surface area (Å²) >= 11 is 0. The number of hydrogen-bond donors (Lipinski definition) is 2. The summed E-state index contributed by atoms with van der Waals surface area (Å²) in [6, 6.07) is 11.2. The highest BCUT2D eigenvalue weighted by Gasteiger charge is 2.21. The maximum atomic E-state index is 12.8. The molecule has 0 saturated heterocycles. The first kappa shape index (κ1) is 19.6. The van der Waals surface area contributed by atoms with Crippen LogP contribution in [-0.2, 0) is 0 Å². The molecule has 6 heteroatoms. The van der Waals surface area contributed by atoms with Gasteiger partial charge in [0.1, 0.15) is 0 Å². The first-order valence-electron chi connectivity index (χ1n) is 9.65. The van der Waals surface area contributed by atoms with E-state index in [1.807, 2.05) is 44.2 Å². The Morgan fingerprint density at radius 2 is 1.86 bits per heavy atom. The normalized spacial score (nSPS) is 10.8. The second-order valence-corrected chi connectivity index (χ2v) is 6.96. The van der Waals surface area contributed by atoms with Crippen molar-refractivity contribution in [2.75, 3.05) is 11.9 Å². The van der Waals surface area contributed by atoms with Crippen LogP contribution in [0.4, 0.5) is 5.69 Å². The number of nitrogens with one attached hydrogen (secondary N) is 2. The van der Waals surface area contributed by atoms with Crippen LogP contribution in [0.15, 0.2) is 42.6 Å². The minimum Gasteiger partial charge on any atom is -0.351 e. The molecule has 0 atom stereocenters.